The number of benzene rings is 1. The molecule has 0 aromatic heterocycles. The highest BCUT2D eigenvalue weighted by molar-refractivity contribution is 9.10. The molecule has 0 aliphatic carbocycles. The summed E-state index contributed by atoms with van der Waals surface area (Å²) >= 11 is 3.52. The predicted molar refractivity (Wildman–Crippen MR) is 81.3 cm³/mol. The van der Waals surface area contributed by atoms with Crippen LogP contribution < -0.4 is 10.6 Å². The van der Waals surface area contributed by atoms with E-state index in [4.69, 9.17) is 10.5 Å². The van der Waals surface area contributed by atoms with Crippen molar-refractivity contribution in [3.63, 3.8) is 0 Å². The zero-order chi connectivity index (χ0) is 13.5. The minimum Gasteiger partial charge on any atom is -0.383 e. The molecular weight excluding hydrogens is 292 g/mol. The van der Waals surface area contributed by atoms with Crippen LogP contribution in [0.5, 0.6) is 0 Å². The van der Waals surface area contributed by atoms with Gasteiger partial charge in [-0.2, -0.15) is 0 Å². The summed E-state index contributed by atoms with van der Waals surface area (Å²) in [5.41, 5.74) is 8.25. The molecule has 0 bridgehead atoms. The first kappa shape index (κ1) is 15.5. The van der Waals surface area contributed by atoms with Gasteiger partial charge < -0.3 is 15.4 Å². The zero-order valence-corrected chi connectivity index (χ0v) is 13.0. The normalized spacial score (nSPS) is 11.0. The molecule has 0 unspecified atom stereocenters. The van der Waals surface area contributed by atoms with Gasteiger partial charge in [-0.3, -0.25) is 0 Å². The second-order valence-electron chi connectivity index (χ2n) is 4.59. The lowest BCUT2D eigenvalue weighted by Crippen LogP contribution is -2.34. The van der Waals surface area contributed by atoms with Crippen LogP contribution in [-0.4, -0.2) is 32.8 Å². The SMILES string of the molecule is COCCN(c1ccc(Br)cc1CCN)C(C)C. The number of hydrogen-bond acceptors (Lipinski definition) is 3. The quantitative estimate of drug-likeness (QED) is 0.841. The molecule has 0 radical (unpaired) electrons. The van der Waals surface area contributed by atoms with Crippen molar-refractivity contribution >= 4 is 21.6 Å². The number of nitrogens with two attached hydrogens (primary N) is 1. The van der Waals surface area contributed by atoms with Crippen LogP contribution in [0.2, 0.25) is 0 Å². The summed E-state index contributed by atoms with van der Waals surface area (Å²) in [5, 5.41) is 0. The molecular formula is C14H23BrN2O. The summed E-state index contributed by atoms with van der Waals surface area (Å²) in [6.45, 7) is 6.69. The number of ether oxygens (including phenoxy) is 1. The Labute approximate surface area is 118 Å². The lowest BCUT2D eigenvalue weighted by atomic mass is 10.1. The van der Waals surface area contributed by atoms with Crippen molar-refractivity contribution < 1.29 is 4.74 Å². The Morgan fingerprint density at radius 2 is 2.11 bits per heavy atom. The highest BCUT2D eigenvalue weighted by Gasteiger charge is 2.14. The van der Waals surface area contributed by atoms with Crippen molar-refractivity contribution in [2.75, 3.05) is 31.7 Å². The number of anilines is 1. The van der Waals surface area contributed by atoms with Crippen LogP contribution >= 0.6 is 15.9 Å². The molecule has 0 saturated heterocycles. The monoisotopic (exact) mass is 314 g/mol. The highest BCUT2D eigenvalue weighted by Crippen LogP contribution is 2.26. The first-order valence-electron chi connectivity index (χ1n) is 6.34. The van der Waals surface area contributed by atoms with Crippen LogP contribution in [0, 0.1) is 0 Å². The number of hydrogen-bond donors (Lipinski definition) is 1. The first-order chi connectivity index (χ1) is 8.60. The fourth-order valence-corrected chi connectivity index (χ4v) is 2.44. The van der Waals surface area contributed by atoms with E-state index in [1.807, 2.05) is 0 Å². The molecule has 18 heavy (non-hydrogen) atoms. The van der Waals surface area contributed by atoms with E-state index in [-0.39, 0.29) is 0 Å². The number of rotatable bonds is 7. The summed E-state index contributed by atoms with van der Waals surface area (Å²) in [7, 11) is 1.74. The maximum atomic E-state index is 5.70. The fourth-order valence-electron chi connectivity index (χ4n) is 2.04. The minimum absolute atomic E-state index is 0.442. The van der Waals surface area contributed by atoms with Crippen LogP contribution in [0.3, 0.4) is 0 Å². The van der Waals surface area contributed by atoms with Gasteiger partial charge in [0, 0.05) is 29.9 Å². The lowest BCUT2D eigenvalue weighted by molar-refractivity contribution is 0.204. The lowest BCUT2D eigenvalue weighted by Gasteiger charge is -2.31. The molecule has 4 heteroatoms. The molecule has 2 N–H and O–H groups in total. The van der Waals surface area contributed by atoms with Gasteiger partial charge >= 0.3 is 0 Å². The minimum atomic E-state index is 0.442. The molecule has 1 rings (SSSR count). The molecule has 0 atom stereocenters. The van der Waals surface area contributed by atoms with E-state index in [9.17, 15) is 0 Å². The Kier molecular flexibility index (Phi) is 6.68. The second-order valence-corrected chi connectivity index (χ2v) is 5.51. The Morgan fingerprint density at radius 3 is 2.67 bits per heavy atom. The van der Waals surface area contributed by atoms with Crippen LogP contribution in [0.15, 0.2) is 22.7 Å². The van der Waals surface area contributed by atoms with Gasteiger partial charge in [-0.05, 0) is 50.6 Å². The molecule has 3 nitrogen and oxygen atoms in total. The fraction of sp³-hybridized carbons (Fsp3) is 0.571. The molecule has 0 heterocycles. The molecule has 0 fully saturated rings. The van der Waals surface area contributed by atoms with Gasteiger partial charge in [0.2, 0.25) is 0 Å². The number of halogens is 1. The van der Waals surface area contributed by atoms with Crippen LogP contribution in [0.4, 0.5) is 5.69 Å². The Balaban J connectivity index is 3.01. The Hall–Kier alpha value is -0.580. The zero-order valence-electron chi connectivity index (χ0n) is 11.4. The molecule has 0 spiro atoms. The standard InChI is InChI=1S/C14H23BrN2O/c1-11(2)17(8-9-18-3)14-5-4-13(15)10-12(14)6-7-16/h4-5,10-11H,6-9,16H2,1-3H3. The Morgan fingerprint density at radius 1 is 1.39 bits per heavy atom. The maximum absolute atomic E-state index is 5.70. The van der Waals surface area contributed by atoms with E-state index in [0.717, 1.165) is 24.0 Å². The van der Waals surface area contributed by atoms with Crippen molar-refractivity contribution in [2.45, 2.75) is 26.3 Å². The van der Waals surface area contributed by atoms with Gasteiger partial charge in [-0.25, -0.2) is 0 Å². The summed E-state index contributed by atoms with van der Waals surface area (Å²) in [6.07, 6.45) is 0.894. The molecule has 102 valence electrons. The predicted octanol–water partition coefficient (Wildman–Crippen LogP) is 2.81. The summed E-state index contributed by atoms with van der Waals surface area (Å²) < 4.78 is 6.29. The third-order valence-electron chi connectivity index (χ3n) is 2.92. The van der Waals surface area contributed by atoms with Gasteiger partial charge in [0.05, 0.1) is 6.61 Å². The molecule has 1 aromatic carbocycles. The molecule has 0 aliphatic heterocycles. The van der Waals surface area contributed by atoms with Crippen molar-refractivity contribution in [3.05, 3.63) is 28.2 Å². The molecule has 0 aliphatic rings. The van der Waals surface area contributed by atoms with Crippen molar-refractivity contribution in [1.82, 2.24) is 0 Å². The second kappa shape index (κ2) is 7.77. The van der Waals surface area contributed by atoms with Crippen LogP contribution in [0.25, 0.3) is 0 Å². The summed E-state index contributed by atoms with van der Waals surface area (Å²) in [4.78, 5) is 2.36. The number of methoxy groups -OCH3 is 1. The third-order valence-corrected chi connectivity index (χ3v) is 3.42. The summed E-state index contributed by atoms with van der Waals surface area (Å²) in [6, 6.07) is 6.84. The molecule has 1 aromatic rings. The van der Waals surface area contributed by atoms with Gasteiger partial charge in [0.1, 0.15) is 0 Å². The maximum Gasteiger partial charge on any atom is 0.0637 e. The van der Waals surface area contributed by atoms with Crippen molar-refractivity contribution in [1.29, 1.82) is 0 Å². The van der Waals surface area contributed by atoms with Crippen LogP contribution in [0.1, 0.15) is 19.4 Å². The van der Waals surface area contributed by atoms with Gasteiger partial charge in [-0.1, -0.05) is 15.9 Å². The average Bonchev–Trinajstić information content (AvgIpc) is 2.32. The third kappa shape index (κ3) is 4.26. The van der Waals surface area contributed by atoms with E-state index in [0.29, 0.717) is 12.6 Å². The molecule has 0 amide bonds. The van der Waals surface area contributed by atoms with E-state index in [1.54, 1.807) is 7.11 Å². The highest BCUT2D eigenvalue weighted by atomic mass is 79.9. The smallest absolute Gasteiger partial charge is 0.0637 e. The van der Waals surface area contributed by atoms with Gasteiger partial charge in [0.15, 0.2) is 0 Å². The summed E-state index contributed by atoms with van der Waals surface area (Å²) in [5.74, 6) is 0. The average molecular weight is 315 g/mol. The Bertz CT molecular complexity index is 369. The van der Waals surface area contributed by atoms with Crippen molar-refractivity contribution in [3.8, 4) is 0 Å². The van der Waals surface area contributed by atoms with E-state index in [2.05, 4.69) is 52.9 Å². The van der Waals surface area contributed by atoms with E-state index < -0.39 is 0 Å². The van der Waals surface area contributed by atoms with E-state index >= 15 is 0 Å². The molecule has 0 saturated carbocycles. The van der Waals surface area contributed by atoms with Crippen molar-refractivity contribution in [2.24, 2.45) is 5.73 Å². The topological polar surface area (TPSA) is 38.5 Å². The van der Waals surface area contributed by atoms with Gasteiger partial charge in [-0.15, -0.1) is 0 Å². The van der Waals surface area contributed by atoms with Crippen LogP contribution in [-0.2, 0) is 11.2 Å². The first-order valence-corrected chi connectivity index (χ1v) is 7.13. The van der Waals surface area contributed by atoms with E-state index in [1.165, 1.54) is 11.3 Å². The van der Waals surface area contributed by atoms with Gasteiger partial charge in [0.25, 0.3) is 0 Å². The largest absolute Gasteiger partial charge is 0.383 e. The number of nitrogens with zero attached hydrogens (tertiary/aromatic N) is 1.